The zero-order valence-corrected chi connectivity index (χ0v) is 17.4. The van der Waals surface area contributed by atoms with Crippen LogP contribution in [0.15, 0.2) is 52.9 Å². The highest BCUT2D eigenvalue weighted by molar-refractivity contribution is 5.61. The van der Waals surface area contributed by atoms with Gasteiger partial charge in [-0.1, -0.05) is 25.1 Å². The molecule has 2 aromatic carbocycles. The number of hydrogen-bond donors (Lipinski definition) is 1. The van der Waals surface area contributed by atoms with E-state index in [-0.39, 0.29) is 6.04 Å². The summed E-state index contributed by atoms with van der Waals surface area (Å²) >= 11 is 0. The second-order valence-electron chi connectivity index (χ2n) is 7.60. The number of aromatic nitrogens is 2. The molecule has 1 fully saturated rings. The zero-order chi connectivity index (χ0) is 20.2. The molecule has 6 heteroatoms. The monoisotopic (exact) mass is 391 g/mol. The molecule has 1 aliphatic rings. The molecule has 1 saturated heterocycles. The van der Waals surface area contributed by atoms with Crippen molar-refractivity contribution in [2.24, 2.45) is 0 Å². The lowest BCUT2D eigenvalue weighted by Gasteiger charge is -2.35. The molecule has 3 aromatic rings. The maximum atomic E-state index is 5.89. The molecule has 0 amide bonds. The highest BCUT2D eigenvalue weighted by atomic mass is 16.4. The van der Waals surface area contributed by atoms with Crippen LogP contribution < -0.4 is 10.2 Å². The largest absolute Gasteiger partial charge is 0.418 e. The van der Waals surface area contributed by atoms with Crippen molar-refractivity contribution in [3.05, 3.63) is 60.0 Å². The molecule has 0 unspecified atom stereocenters. The third-order valence-electron chi connectivity index (χ3n) is 5.60. The Balaban J connectivity index is 1.42. The van der Waals surface area contributed by atoms with Gasteiger partial charge in [0, 0.05) is 43.1 Å². The van der Waals surface area contributed by atoms with Crippen molar-refractivity contribution >= 4 is 11.4 Å². The van der Waals surface area contributed by atoms with Crippen LogP contribution in [0.5, 0.6) is 0 Å². The molecule has 1 aliphatic heterocycles. The Labute approximate surface area is 172 Å². The van der Waals surface area contributed by atoms with Crippen LogP contribution in [-0.2, 0) is 0 Å². The van der Waals surface area contributed by atoms with Crippen molar-refractivity contribution in [2.75, 3.05) is 42.9 Å². The van der Waals surface area contributed by atoms with E-state index in [2.05, 4.69) is 57.4 Å². The molecule has 152 valence electrons. The van der Waals surface area contributed by atoms with Crippen molar-refractivity contribution in [3.8, 4) is 11.5 Å². The minimum absolute atomic E-state index is 0.0717. The van der Waals surface area contributed by atoms with E-state index in [9.17, 15) is 0 Å². The maximum Gasteiger partial charge on any atom is 0.247 e. The maximum absolute atomic E-state index is 5.89. The Morgan fingerprint density at radius 2 is 1.79 bits per heavy atom. The summed E-state index contributed by atoms with van der Waals surface area (Å²) in [5, 5.41) is 11.9. The van der Waals surface area contributed by atoms with Crippen molar-refractivity contribution in [3.63, 3.8) is 0 Å². The molecule has 0 saturated carbocycles. The predicted molar refractivity (Wildman–Crippen MR) is 117 cm³/mol. The lowest BCUT2D eigenvalue weighted by atomic mass is 10.1. The topological polar surface area (TPSA) is 57.4 Å². The molecule has 1 aromatic heterocycles. The number of anilines is 2. The van der Waals surface area contributed by atoms with Crippen LogP contribution in [0.25, 0.3) is 11.5 Å². The van der Waals surface area contributed by atoms with Crippen molar-refractivity contribution in [2.45, 2.75) is 26.8 Å². The normalized spacial score (nSPS) is 16.0. The van der Waals surface area contributed by atoms with Crippen LogP contribution in [0.3, 0.4) is 0 Å². The highest BCUT2D eigenvalue weighted by Crippen LogP contribution is 2.27. The van der Waals surface area contributed by atoms with Gasteiger partial charge in [-0.3, -0.25) is 0 Å². The molecule has 29 heavy (non-hydrogen) atoms. The van der Waals surface area contributed by atoms with Gasteiger partial charge in [0.25, 0.3) is 0 Å². The summed E-state index contributed by atoms with van der Waals surface area (Å²) < 4.78 is 5.89. The average molecular weight is 392 g/mol. The molecule has 1 N–H and O–H groups in total. The summed E-state index contributed by atoms with van der Waals surface area (Å²) in [6, 6.07) is 16.4. The van der Waals surface area contributed by atoms with Gasteiger partial charge in [0.15, 0.2) is 0 Å². The Hall–Kier alpha value is -2.86. The Morgan fingerprint density at radius 1 is 1.03 bits per heavy atom. The Bertz CT molecular complexity index is 931. The van der Waals surface area contributed by atoms with Crippen molar-refractivity contribution < 1.29 is 4.42 Å². The number of benzene rings is 2. The van der Waals surface area contributed by atoms with Crippen molar-refractivity contribution in [1.82, 2.24) is 15.1 Å². The fourth-order valence-electron chi connectivity index (χ4n) is 3.73. The van der Waals surface area contributed by atoms with E-state index in [1.165, 1.54) is 11.3 Å². The number of aryl methyl sites for hydroxylation is 1. The predicted octanol–water partition coefficient (Wildman–Crippen LogP) is 4.36. The standard InChI is InChI=1S/C23H29N5O/c1-4-27-12-14-28(15-13-27)20-10-11-21(17(2)16-20)24-18(3)22-25-26-23(29-22)19-8-6-5-7-9-19/h5-11,16,18,24H,4,12-15H2,1-3H3/t18-/m0/s1. The van der Waals surface area contributed by atoms with Crippen LogP contribution >= 0.6 is 0 Å². The minimum atomic E-state index is -0.0717. The van der Waals surface area contributed by atoms with Gasteiger partial charge in [0.2, 0.25) is 11.8 Å². The van der Waals surface area contributed by atoms with Gasteiger partial charge in [-0.15, -0.1) is 10.2 Å². The van der Waals surface area contributed by atoms with Gasteiger partial charge in [0.05, 0.1) is 0 Å². The summed E-state index contributed by atoms with van der Waals surface area (Å²) in [5.41, 5.74) is 4.53. The first-order chi connectivity index (χ1) is 14.1. The van der Waals surface area contributed by atoms with Gasteiger partial charge in [-0.2, -0.15) is 0 Å². The molecule has 0 bridgehead atoms. The molecule has 2 heterocycles. The van der Waals surface area contributed by atoms with Crippen LogP contribution in [0, 0.1) is 6.92 Å². The van der Waals surface area contributed by atoms with E-state index in [0.29, 0.717) is 11.8 Å². The van der Waals surface area contributed by atoms with E-state index in [0.717, 1.165) is 44.0 Å². The number of nitrogens with one attached hydrogen (secondary N) is 1. The van der Waals surface area contributed by atoms with Gasteiger partial charge >= 0.3 is 0 Å². The van der Waals surface area contributed by atoms with Gasteiger partial charge in [-0.25, -0.2) is 0 Å². The fourth-order valence-corrected chi connectivity index (χ4v) is 3.73. The van der Waals surface area contributed by atoms with Crippen LogP contribution in [0.2, 0.25) is 0 Å². The Morgan fingerprint density at radius 3 is 2.48 bits per heavy atom. The van der Waals surface area contributed by atoms with Crippen LogP contribution in [-0.4, -0.2) is 47.8 Å². The average Bonchev–Trinajstić information content (AvgIpc) is 3.26. The third-order valence-corrected chi connectivity index (χ3v) is 5.60. The molecule has 0 radical (unpaired) electrons. The summed E-state index contributed by atoms with van der Waals surface area (Å²) in [6.07, 6.45) is 0. The second kappa shape index (κ2) is 8.66. The van der Waals surface area contributed by atoms with Gasteiger partial charge in [-0.05, 0) is 56.3 Å². The number of rotatable bonds is 6. The van der Waals surface area contributed by atoms with E-state index in [1.54, 1.807) is 0 Å². The first kappa shape index (κ1) is 19.5. The van der Waals surface area contributed by atoms with E-state index >= 15 is 0 Å². The quantitative estimate of drug-likeness (QED) is 0.674. The summed E-state index contributed by atoms with van der Waals surface area (Å²) in [6.45, 7) is 12.0. The zero-order valence-electron chi connectivity index (χ0n) is 17.4. The molecule has 4 rings (SSSR count). The smallest absolute Gasteiger partial charge is 0.247 e. The molecular formula is C23H29N5O. The Kier molecular flexibility index (Phi) is 5.81. The van der Waals surface area contributed by atoms with Gasteiger partial charge in [0.1, 0.15) is 6.04 Å². The first-order valence-electron chi connectivity index (χ1n) is 10.4. The summed E-state index contributed by atoms with van der Waals surface area (Å²) in [7, 11) is 0. The molecule has 0 spiro atoms. The number of likely N-dealkylation sites (N-methyl/N-ethyl adjacent to an activating group) is 1. The van der Waals surface area contributed by atoms with E-state index < -0.39 is 0 Å². The lowest BCUT2D eigenvalue weighted by molar-refractivity contribution is 0.271. The molecule has 6 nitrogen and oxygen atoms in total. The number of piperazine rings is 1. The SMILES string of the molecule is CCN1CCN(c2ccc(N[C@@H](C)c3nnc(-c4ccccc4)o3)c(C)c2)CC1. The third kappa shape index (κ3) is 4.43. The molecule has 1 atom stereocenters. The fraction of sp³-hybridized carbons (Fsp3) is 0.391. The minimum Gasteiger partial charge on any atom is -0.418 e. The lowest BCUT2D eigenvalue weighted by Crippen LogP contribution is -2.46. The second-order valence-corrected chi connectivity index (χ2v) is 7.60. The highest BCUT2D eigenvalue weighted by Gasteiger charge is 2.18. The molecule has 0 aliphatic carbocycles. The number of hydrogen-bond acceptors (Lipinski definition) is 6. The van der Waals surface area contributed by atoms with E-state index in [1.807, 2.05) is 37.3 Å². The van der Waals surface area contributed by atoms with E-state index in [4.69, 9.17) is 4.42 Å². The van der Waals surface area contributed by atoms with Gasteiger partial charge < -0.3 is 19.5 Å². The molecular weight excluding hydrogens is 362 g/mol. The summed E-state index contributed by atoms with van der Waals surface area (Å²) in [4.78, 5) is 4.96. The van der Waals surface area contributed by atoms with Crippen LogP contribution in [0.1, 0.15) is 31.3 Å². The van der Waals surface area contributed by atoms with Crippen LogP contribution in [0.4, 0.5) is 11.4 Å². The summed E-state index contributed by atoms with van der Waals surface area (Å²) in [5.74, 6) is 1.13. The number of nitrogens with zero attached hydrogens (tertiary/aromatic N) is 4. The van der Waals surface area contributed by atoms with Crippen molar-refractivity contribution in [1.29, 1.82) is 0 Å². The first-order valence-corrected chi connectivity index (χ1v) is 10.4.